The predicted molar refractivity (Wildman–Crippen MR) is 76.9 cm³/mol. The van der Waals surface area contributed by atoms with Crippen LogP contribution >= 0.6 is 0 Å². The number of fused-ring (bicyclic) bond motifs is 1. The molecule has 0 aliphatic heterocycles. The van der Waals surface area contributed by atoms with Crippen molar-refractivity contribution in [1.82, 2.24) is 19.6 Å². The lowest BCUT2D eigenvalue weighted by Crippen LogP contribution is -2.12. The molecule has 3 aromatic rings. The Labute approximate surface area is 121 Å². The lowest BCUT2D eigenvalue weighted by atomic mass is 10.4. The summed E-state index contributed by atoms with van der Waals surface area (Å²) >= 11 is 0. The molecule has 0 atom stereocenters. The number of anilines is 1. The highest BCUT2D eigenvalue weighted by Gasteiger charge is 2.15. The molecular formula is C14H15N5O2. The van der Waals surface area contributed by atoms with Crippen LogP contribution in [0.3, 0.4) is 0 Å². The van der Waals surface area contributed by atoms with E-state index in [1.54, 1.807) is 24.4 Å². The second-order valence-electron chi connectivity index (χ2n) is 4.71. The molecule has 0 aliphatic rings. The van der Waals surface area contributed by atoms with Crippen molar-refractivity contribution in [2.45, 2.75) is 27.2 Å². The van der Waals surface area contributed by atoms with Gasteiger partial charge in [0, 0.05) is 12.5 Å². The van der Waals surface area contributed by atoms with Gasteiger partial charge in [-0.15, -0.1) is 5.10 Å². The minimum atomic E-state index is -0.107. The summed E-state index contributed by atoms with van der Waals surface area (Å²) in [6.07, 6.45) is 0.383. The van der Waals surface area contributed by atoms with Crippen molar-refractivity contribution >= 4 is 17.4 Å². The maximum Gasteiger partial charge on any atom is 0.225 e. The number of furan rings is 1. The average molecular weight is 285 g/mol. The molecule has 0 saturated carbocycles. The Balaban J connectivity index is 2.17. The monoisotopic (exact) mass is 285 g/mol. The summed E-state index contributed by atoms with van der Waals surface area (Å²) < 4.78 is 7.22. The SMILES string of the molecule is CCC(=O)Nc1cc2nc(C)nn2c(-c2ccc(C)o2)n1. The van der Waals surface area contributed by atoms with Crippen LogP contribution < -0.4 is 5.32 Å². The van der Waals surface area contributed by atoms with Gasteiger partial charge in [-0.1, -0.05) is 6.92 Å². The molecule has 7 heteroatoms. The van der Waals surface area contributed by atoms with Crippen LogP contribution in [0.15, 0.2) is 22.6 Å². The number of hydrogen-bond donors (Lipinski definition) is 1. The van der Waals surface area contributed by atoms with E-state index in [4.69, 9.17) is 4.42 Å². The van der Waals surface area contributed by atoms with Crippen LogP contribution in [0.5, 0.6) is 0 Å². The first-order valence-electron chi connectivity index (χ1n) is 6.68. The standard InChI is InChI=1S/C14H15N5O2/c1-4-13(20)16-11-7-12-15-9(3)18-19(12)14(17-11)10-6-5-8(2)21-10/h5-7H,4H2,1-3H3,(H,16,20). The van der Waals surface area contributed by atoms with Gasteiger partial charge in [-0.2, -0.15) is 4.52 Å². The molecular weight excluding hydrogens is 270 g/mol. The van der Waals surface area contributed by atoms with Crippen molar-refractivity contribution in [3.05, 3.63) is 29.8 Å². The quantitative estimate of drug-likeness (QED) is 0.798. The zero-order valence-corrected chi connectivity index (χ0v) is 12.0. The van der Waals surface area contributed by atoms with E-state index in [9.17, 15) is 4.79 Å². The van der Waals surface area contributed by atoms with Crippen molar-refractivity contribution in [2.24, 2.45) is 0 Å². The molecule has 21 heavy (non-hydrogen) atoms. The Kier molecular flexibility index (Phi) is 3.17. The van der Waals surface area contributed by atoms with Crippen LogP contribution in [0.1, 0.15) is 24.9 Å². The molecule has 0 radical (unpaired) electrons. The van der Waals surface area contributed by atoms with Crippen LogP contribution in [0, 0.1) is 13.8 Å². The third-order valence-corrected chi connectivity index (χ3v) is 2.98. The molecule has 0 unspecified atom stereocenters. The van der Waals surface area contributed by atoms with Gasteiger partial charge >= 0.3 is 0 Å². The number of carbonyl (C=O) groups is 1. The molecule has 3 heterocycles. The zero-order valence-electron chi connectivity index (χ0n) is 12.0. The van der Waals surface area contributed by atoms with Crippen molar-refractivity contribution in [3.63, 3.8) is 0 Å². The van der Waals surface area contributed by atoms with Crippen LogP contribution in [0.2, 0.25) is 0 Å². The summed E-state index contributed by atoms with van der Waals surface area (Å²) in [5, 5.41) is 7.05. The topological polar surface area (TPSA) is 85.3 Å². The Morgan fingerprint density at radius 3 is 2.81 bits per heavy atom. The molecule has 0 fully saturated rings. The molecule has 0 spiro atoms. The molecule has 0 bridgehead atoms. The van der Waals surface area contributed by atoms with Crippen LogP contribution in [0.25, 0.3) is 17.2 Å². The first kappa shape index (κ1) is 13.3. The van der Waals surface area contributed by atoms with E-state index in [1.165, 1.54) is 0 Å². The molecule has 0 saturated heterocycles. The summed E-state index contributed by atoms with van der Waals surface area (Å²) in [4.78, 5) is 20.3. The summed E-state index contributed by atoms with van der Waals surface area (Å²) in [5.74, 6) is 2.82. The summed E-state index contributed by atoms with van der Waals surface area (Å²) in [6, 6.07) is 5.36. The summed E-state index contributed by atoms with van der Waals surface area (Å²) in [5.41, 5.74) is 0.609. The highest BCUT2D eigenvalue weighted by molar-refractivity contribution is 5.90. The molecule has 3 rings (SSSR count). The summed E-state index contributed by atoms with van der Waals surface area (Å²) in [7, 11) is 0. The predicted octanol–water partition coefficient (Wildman–Crippen LogP) is 2.35. The number of hydrogen-bond acceptors (Lipinski definition) is 5. The highest BCUT2D eigenvalue weighted by Crippen LogP contribution is 2.23. The van der Waals surface area contributed by atoms with Crippen molar-refractivity contribution < 1.29 is 9.21 Å². The van der Waals surface area contributed by atoms with Gasteiger partial charge in [-0.3, -0.25) is 4.79 Å². The van der Waals surface area contributed by atoms with Gasteiger partial charge in [-0.25, -0.2) is 9.97 Å². The minimum absolute atomic E-state index is 0.107. The Morgan fingerprint density at radius 1 is 1.33 bits per heavy atom. The van der Waals surface area contributed by atoms with E-state index in [0.717, 1.165) is 5.76 Å². The van der Waals surface area contributed by atoms with Gasteiger partial charge in [0.1, 0.15) is 17.4 Å². The summed E-state index contributed by atoms with van der Waals surface area (Å²) in [6.45, 7) is 5.44. The average Bonchev–Trinajstić information content (AvgIpc) is 3.02. The first-order valence-corrected chi connectivity index (χ1v) is 6.68. The highest BCUT2D eigenvalue weighted by atomic mass is 16.3. The van der Waals surface area contributed by atoms with Gasteiger partial charge < -0.3 is 9.73 Å². The normalized spacial score (nSPS) is 11.0. The van der Waals surface area contributed by atoms with Crippen LogP contribution in [0.4, 0.5) is 5.82 Å². The molecule has 108 valence electrons. The maximum absolute atomic E-state index is 11.6. The molecule has 1 N–H and O–H groups in total. The number of nitrogens with one attached hydrogen (secondary N) is 1. The van der Waals surface area contributed by atoms with Crippen LogP contribution in [-0.2, 0) is 4.79 Å². The first-order chi connectivity index (χ1) is 10.1. The lowest BCUT2D eigenvalue weighted by molar-refractivity contribution is -0.115. The third-order valence-electron chi connectivity index (χ3n) is 2.98. The van der Waals surface area contributed by atoms with Crippen molar-refractivity contribution in [2.75, 3.05) is 5.32 Å². The minimum Gasteiger partial charge on any atom is -0.458 e. The fourth-order valence-corrected chi connectivity index (χ4v) is 2.01. The fraction of sp³-hybridized carbons (Fsp3) is 0.286. The van der Waals surface area contributed by atoms with E-state index in [-0.39, 0.29) is 5.91 Å². The Bertz CT molecular complexity index is 818. The Morgan fingerprint density at radius 2 is 2.14 bits per heavy atom. The number of rotatable bonds is 3. The van der Waals surface area contributed by atoms with E-state index in [2.05, 4.69) is 20.4 Å². The second-order valence-corrected chi connectivity index (χ2v) is 4.71. The van der Waals surface area contributed by atoms with E-state index in [1.807, 2.05) is 19.1 Å². The molecule has 3 aromatic heterocycles. The number of aryl methyl sites for hydroxylation is 2. The Hall–Kier alpha value is -2.70. The van der Waals surface area contributed by atoms with Crippen molar-refractivity contribution in [1.29, 1.82) is 0 Å². The van der Waals surface area contributed by atoms with Crippen molar-refractivity contribution in [3.8, 4) is 11.6 Å². The number of aromatic nitrogens is 4. The molecule has 0 aliphatic carbocycles. The van der Waals surface area contributed by atoms with E-state index < -0.39 is 0 Å². The van der Waals surface area contributed by atoms with Crippen LogP contribution in [-0.4, -0.2) is 25.5 Å². The largest absolute Gasteiger partial charge is 0.458 e. The molecule has 0 aromatic carbocycles. The van der Waals surface area contributed by atoms with E-state index in [0.29, 0.717) is 35.3 Å². The smallest absolute Gasteiger partial charge is 0.225 e. The second kappa shape index (κ2) is 5.01. The fourth-order valence-electron chi connectivity index (χ4n) is 2.01. The van der Waals surface area contributed by atoms with Gasteiger partial charge in [0.2, 0.25) is 11.7 Å². The third kappa shape index (κ3) is 2.49. The van der Waals surface area contributed by atoms with E-state index >= 15 is 0 Å². The number of carbonyl (C=O) groups excluding carboxylic acids is 1. The number of nitrogens with zero attached hydrogens (tertiary/aromatic N) is 4. The van der Waals surface area contributed by atoms with Gasteiger partial charge in [0.15, 0.2) is 11.4 Å². The lowest BCUT2D eigenvalue weighted by Gasteiger charge is -2.06. The zero-order chi connectivity index (χ0) is 15.0. The van der Waals surface area contributed by atoms with Gasteiger partial charge in [0.25, 0.3) is 0 Å². The molecule has 1 amide bonds. The molecule has 7 nitrogen and oxygen atoms in total. The maximum atomic E-state index is 11.6. The van der Waals surface area contributed by atoms with Gasteiger partial charge in [-0.05, 0) is 26.0 Å². The van der Waals surface area contributed by atoms with Gasteiger partial charge in [0.05, 0.1) is 0 Å². The number of amides is 1.